The first-order valence-electron chi connectivity index (χ1n) is 11.5. The second kappa shape index (κ2) is 11.0. The van der Waals surface area contributed by atoms with Crippen molar-refractivity contribution in [2.24, 2.45) is 0 Å². The van der Waals surface area contributed by atoms with Gasteiger partial charge in [0, 0.05) is 11.9 Å². The molecule has 1 aliphatic rings. The molecule has 3 rings (SSSR count). The molecule has 0 radical (unpaired) electrons. The molecule has 1 aromatic heterocycles. The molecule has 37 heavy (non-hydrogen) atoms. The van der Waals surface area contributed by atoms with Crippen LogP contribution in [0.5, 0.6) is 5.75 Å². The minimum atomic E-state index is -4.51. The van der Waals surface area contributed by atoms with E-state index in [4.69, 9.17) is 18.5 Å². The molecule has 2 aromatic rings. The Balaban J connectivity index is 1.85. The molecule has 0 spiro atoms. The van der Waals surface area contributed by atoms with E-state index in [2.05, 4.69) is 10.1 Å². The first kappa shape index (κ1) is 28.9. The molecular weight excluding hydrogens is 512 g/mol. The van der Waals surface area contributed by atoms with Crippen molar-refractivity contribution < 1.29 is 42.5 Å². The number of esters is 1. The topological polar surface area (TPSA) is 158 Å². The molecule has 6 atom stereocenters. The Labute approximate surface area is 212 Å². The number of alkyl halides is 1. The highest BCUT2D eigenvalue weighted by Crippen LogP contribution is 2.50. The first-order valence-corrected chi connectivity index (χ1v) is 13.0. The Morgan fingerprint density at radius 3 is 2.54 bits per heavy atom. The Hall–Kier alpha value is -2.67. The largest absolute Gasteiger partial charge is 0.462 e. The summed E-state index contributed by atoms with van der Waals surface area (Å²) in [7, 11) is -4.51. The minimum Gasteiger partial charge on any atom is -0.462 e. The predicted molar refractivity (Wildman–Crippen MR) is 128 cm³/mol. The monoisotopic (exact) mass is 543 g/mol. The maximum absolute atomic E-state index is 15.9. The zero-order chi connectivity index (χ0) is 27.6. The van der Waals surface area contributed by atoms with Crippen LogP contribution < -0.4 is 15.3 Å². The molecule has 1 saturated heterocycles. The number of carbonyl (C=O) groups is 1. The Morgan fingerprint density at radius 1 is 1.30 bits per heavy atom. The molecule has 204 valence electrons. The van der Waals surface area contributed by atoms with Gasteiger partial charge in [0.15, 0.2) is 6.23 Å². The van der Waals surface area contributed by atoms with Gasteiger partial charge in [0.25, 0.3) is 5.85 Å². The first-order chi connectivity index (χ1) is 17.2. The van der Waals surface area contributed by atoms with Crippen molar-refractivity contribution >= 4 is 13.7 Å². The fourth-order valence-corrected chi connectivity index (χ4v) is 5.08. The van der Waals surface area contributed by atoms with Crippen molar-refractivity contribution in [1.82, 2.24) is 14.6 Å². The van der Waals surface area contributed by atoms with Crippen LogP contribution in [0.15, 0.2) is 47.4 Å². The summed E-state index contributed by atoms with van der Waals surface area (Å²) in [6, 6.07) is 8.01. The number of rotatable bonds is 10. The smallest absolute Gasteiger partial charge is 0.459 e. The summed E-state index contributed by atoms with van der Waals surface area (Å²) in [6.07, 6.45) is -3.16. The molecule has 14 heteroatoms. The maximum atomic E-state index is 15.9. The normalized spacial score (nSPS) is 28.0. The van der Waals surface area contributed by atoms with Gasteiger partial charge >= 0.3 is 19.4 Å². The fraction of sp³-hybridized carbons (Fsp3) is 0.522. The number of hydrogen-bond acceptors (Lipinski definition) is 10. The fourth-order valence-electron chi connectivity index (χ4n) is 3.58. The van der Waals surface area contributed by atoms with Crippen LogP contribution in [0.25, 0.3) is 0 Å². The number of nitrogens with one attached hydrogen (secondary N) is 1. The van der Waals surface area contributed by atoms with Crippen LogP contribution in [-0.4, -0.2) is 62.0 Å². The number of nitrogens with zero attached hydrogens (tertiary/aromatic N) is 2. The van der Waals surface area contributed by atoms with Gasteiger partial charge in [-0.05, 0) is 52.8 Å². The van der Waals surface area contributed by atoms with Gasteiger partial charge in [-0.3, -0.25) is 13.9 Å². The van der Waals surface area contributed by atoms with Gasteiger partial charge in [-0.2, -0.15) is 10.1 Å². The highest BCUT2D eigenvalue weighted by Gasteiger charge is 2.63. The van der Waals surface area contributed by atoms with Crippen molar-refractivity contribution in [2.75, 3.05) is 6.61 Å². The lowest BCUT2D eigenvalue weighted by molar-refractivity contribution is -0.204. The minimum absolute atomic E-state index is 0.0747. The third-order valence-electron chi connectivity index (χ3n) is 5.45. The summed E-state index contributed by atoms with van der Waals surface area (Å²) in [5.74, 6) is -3.83. The van der Waals surface area contributed by atoms with Crippen LogP contribution in [0.3, 0.4) is 0 Å². The van der Waals surface area contributed by atoms with Gasteiger partial charge in [0.1, 0.15) is 30.1 Å². The molecule has 12 nitrogen and oxygen atoms in total. The Kier molecular flexibility index (Phi) is 8.57. The Morgan fingerprint density at radius 2 is 1.95 bits per heavy atom. The van der Waals surface area contributed by atoms with Crippen LogP contribution in [0, 0.1) is 6.92 Å². The lowest BCUT2D eigenvalue weighted by atomic mass is 9.95. The third kappa shape index (κ3) is 6.61. The number of aliphatic hydroxyl groups excluding tert-OH is 1. The van der Waals surface area contributed by atoms with Gasteiger partial charge in [-0.1, -0.05) is 18.2 Å². The molecule has 1 aliphatic heterocycles. The van der Waals surface area contributed by atoms with Crippen molar-refractivity contribution in [2.45, 2.75) is 70.6 Å². The lowest BCUT2D eigenvalue weighted by Gasteiger charge is -2.29. The van der Waals surface area contributed by atoms with Gasteiger partial charge in [-0.15, -0.1) is 0 Å². The van der Waals surface area contributed by atoms with Crippen LogP contribution in [0.4, 0.5) is 4.39 Å². The molecule has 0 aliphatic carbocycles. The number of aromatic nitrogens is 2. The average Bonchev–Trinajstić information content (AvgIpc) is 2.98. The maximum Gasteiger partial charge on any atom is 0.459 e. The van der Waals surface area contributed by atoms with Crippen LogP contribution in [0.2, 0.25) is 0 Å². The number of carbonyl (C=O) groups excluding carboxylic acids is 1. The van der Waals surface area contributed by atoms with Crippen molar-refractivity contribution in [1.29, 1.82) is 0 Å². The van der Waals surface area contributed by atoms with Crippen molar-refractivity contribution in [3.8, 4) is 5.75 Å². The van der Waals surface area contributed by atoms with E-state index in [1.165, 1.54) is 31.3 Å². The summed E-state index contributed by atoms with van der Waals surface area (Å²) in [4.78, 5) is 28.3. The molecule has 0 bridgehead atoms. The van der Waals surface area contributed by atoms with Crippen molar-refractivity contribution in [3.05, 3.63) is 58.8 Å². The predicted octanol–water partition coefficient (Wildman–Crippen LogP) is 1.99. The summed E-state index contributed by atoms with van der Waals surface area (Å²) in [6.45, 7) is 6.03. The third-order valence-corrected chi connectivity index (χ3v) is 7.07. The number of hydrogen-bond donors (Lipinski definition) is 3. The molecule has 2 heterocycles. The molecular formula is C23H31FN3O9P. The van der Waals surface area contributed by atoms with Crippen LogP contribution >= 0.6 is 7.75 Å². The number of aliphatic hydroxyl groups is 2. The number of para-hydroxylation sites is 1. The standard InChI is InChI=1S/C23H31FN3O9P/c1-14(2)34-18(28)16(4)26-37(32,36-17-9-7-6-8-10-17)33-13-23(24)19(29)22(5,31)20(35-23)27-12-11-15(3)25-21(27)30/h6-12,14,16,19-20,29,31H,13H2,1-5H3,(H,26,32)/t16-,19-,20+,22+,23+,37-/m0/s1. The van der Waals surface area contributed by atoms with Crippen LogP contribution in [0.1, 0.15) is 39.6 Å². The van der Waals surface area contributed by atoms with Gasteiger partial charge in [0.05, 0.1) is 6.10 Å². The van der Waals surface area contributed by atoms with E-state index in [-0.39, 0.29) is 5.75 Å². The number of halogens is 1. The highest BCUT2D eigenvalue weighted by atomic mass is 31.2. The van der Waals surface area contributed by atoms with Crippen LogP contribution in [-0.2, 0) is 23.4 Å². The van der Waals surface area contributed by atoms with E-state index >= 15 is 4.39 Å². The van der Waals surface area contributed by atoms with Gasteiger partial charge in [-0.25, -0.2) is 13.8 Å². The molecule has 0 saturated carbocycles. The second-order valence-corrected chi connectivity index (χ2v) is 10.8. The molecule has 3 N–H and O–H groups in total. The summed E-state index contributed by atoms with van der Waals surface area (Å²) < 4.78 is 51.4. The van der Waals surface area contributed by atoms with E-state index in [1.54, 1.807) is 39.0 Å². The molecule has 1 fully saturated rings. The van der Waals surface area contributed by atoms with Crippen molar-refractivity contribution in [3.63, 3.8) is 0 Å². The molecule has 1 aromatic carbocycles. The SMILES string of the molecule is Cc1ccn([C@@H]2O[C@](F)(CO[P@@](=O)(N[C@@H](C)C(=O)OC(C)C)Oc3ccccc3)[C@@H](O)[C@@]2(C)O)c(=O)n1. The lowest BCUT2D eigenvalue weighted by Crippen LogP contribution is -2.50. The van der Waals surface area contributed by atoms with E-state index in [0.29, 0.717) is 5.69 Å². The Bertz CT molecular complexity index is 1210. The summed E-state index contributed by atoms with van der Waals surface area (Å²) in [5, 5.41) is 23.8. The average molecular weight is 543 g/mol. The zero-order valence-corrected chi connectivity index (χ0v) is 21.9. The molecule has 0 unspecified atom stereocenters. The summed E-state index contributed by atoms with van der Waals surface area (Å²) in [5.41, 5.74) is -2.78. The number of aryl methyl sites for hydroxylation is 1. The highest BCUT2D eigenvalue weighted by molar-refractivity contribution is 7.52. The van der Waals surface area contributed by atoms with Gasteiger partial charge < -0.3 is 24.2 Å². The van der Waals surface area contributed by atoms with E-state index in [9.17, 15) is 24.4 Å². The second-order valence-electron chi connectivity index (χ2n) is 9.16. The number of benzene rings is 1. The quantitative estimate of drug-likeness (QED) is 0.297. The summed E-state index contributed by atoms with van der Waals surface area (Å²) >= 11 is 0. The zero-order valence-electron chi connectivity index (χ0n) is 21.0. The van der Waals surface area contributed by atoms with E-state index < -0.39 is 61.9 Å². The van der Waals surface area contributed by atoms with Gasteiger partial charge in [0.2, 0.25) is 0 Å². The number of ether oxygens (including phenoxy) is 2. The van der Waals surface area contributed by atoms with E-state index in [0.717, 1.165) is 11.5 Å². The molecule has 0 amide bonds. The van der Waals surface area contributed by atoms with E-state index in [1.807, 2.05) is 0 Å².